The van der Waals surface area contributed by atoms with Crippen LogP contribution in [-0.4, -0.2) is 32.8 Å². The van der Waals surface area contributed by atoms with E-state index >= 15 is 0 Å². The molecule has 2 aromatic carbocycles. The fourth-order valence-corrected chi connectivity index (χ4v) is 3.80. The predicted octanol–water partition coefficient (Wildman–Crippen LogP) is 4.52. The zero-order chi connectivity index (χ0) is 20.8. The van der Waals surface area contributed by atoms with Gasteiger partial charge in [-0.15, -0.1) is 11.3 Å². The lowest BCUT2D eigenvalue weighted by molar-refractivity contribution is -0.254. The van der Waals surface area contributed by atoms with Gasteiger partial charge >= 0.3 is 6.18 Å². The number of para-hydroxylation sites is 1. The van der Waals surface area contributed by atoms with Crippen molar-refractivity contribution in [3.8, 4) is 17.0 Å². The van der Waals surface area contributed by atoms with Gasteiger partial charge in [-0.25, -0.2) is 9.37 Å². The van der Waals surface area contributed by atoms with Crippen molar-refractivity contribution in [3.05, 3.63) is 65.3 Å². The van der Waals surface area contributed by atoms with Gasteiger partial charge in [-0.05, 0) is 36.4 Å². The third-order valence-electron chi connectivity index (χ3n) is 4.47. The number of phenolic OH excluding ortho intramolecular Hbond substituents is 1. The first-order valence-electron chi connectivity index (χ1n) is 8.36. The van der Waals surface area contributed by atoms with E-state index in [-0.39, 0.29) is 22.2 Å². The molecule has 5 nitrogen and oxygen atoms in total. The standard InChI is InChI=1S/C19H13F4N3O2S/c20-12-7-5-11(6-8-12)15-10-29-17(24-15)26-18(28,19(21,22)23)9-14(25-26)13-3-1-2-4-16(13)27/h1-8,10,27-28H,9H2. The number of halogens is 4. The quantitative estimate of drug-likeness (QED) is 0.608. The summed E-state index contributed by atoms with van der Waals surface area (Å²) in [4.78, 5) is 4.14. The number of alkyl halides is 3. The molecule has 10 heteroatoms. The number of thiazole rings is 1. The Kier molecular flexibility index (Phi) is 4.55. The largest absolute Gasteiger partial charge is 0.507 e. The average molecular weight is 423 g/mol. The topological polar surface area (TPSA) is 69.0 Å². The van der Waals surface area contributed by atoms with E-state index in [2.05, 4.69) is 10.1 Å². The number of benzene rings is 2. The minimum atomic E-state index is -5.04. The SMILES string of the molecule is Oc1ccccc1C1=NN(c2nc(-c3ccc(F)cc3)cs2)C(O)(C(F)(F)F)C1. The van der Waals surface area contributed by atoms with Crippen LogP contribution in [0.4, 0.5) is 22.7 Å². The van der Waals surface area contributed by atoms with Gasteiger partial charge in [0.15, 0.2) is 0 Å². The lowest BCUT2D eigenvalue weighted by Crippen LogP contribution is -2.55. The summed E-state index contributed by atoms with van der Waals surface area (Å²) >= 11 is 0.857. The number of hydrogen-bond acceptors (Lipinski definition) is 6. The molecule has 2 heterocycles. The highest BCUT2D eigenvalue weighted by Crippen LogP contribution is 2.45. The molecule has 0 amide bonds. The maximum Gasteiger partial charge on any atom is 0.438 e. The van der Waals surface area contributed by atoms with Gasteiger partial charge in [-0.3, -0.25) is 0 Å². The van der Waals surface area contributed by atoms with Crippen molar-refractivity contribution >= 4 is 22.2 Å². The number of aromatic hydroxyl groups is 1. The van der Waals surface area contributed by atoms with E-state index in [4.69, 9.17) is 0 Å². The number of rotatable bonds is 3. The highest BCUT2D eigenvalue weighted by atomic mass is 32.1. The van der Waals surface area contributed by atoms with Crippen molar-refractivity contribution in [2.45, 2.75) is 18.3 Å². The van der Waals surface area contributed by atoms with Crippen LogP contribution in [0.2, 0.25) is 0 Å². The molecule has 0 aliphatic carbocycles. The van der Waals surface area contributed by atoms with Crippen molar-refractivity contribution in [1.29, 1.82) is 0 Å². The summed E-state index contributed by atoms with van der Waals surface area (Å²) in [5.41, 5.74) is -2.52. The molecule has 1 aliphatic rings. The van der Waals surface area contributed by atoms with Crippen molar-refractivity contribution in [1.82, 2.24) is 4.98 Å². The average Bonchev–Trinajstić information content (AvgIpc) is 3.28. The number of anilines is 1. The Balaban J connectivity index is 1.77. The molecular weight excluding hydrogens is 410 g/mol. The fraction of sp³-hybridized carbons (Fsp3) is 0.158. The molecule has 3 aromatic rings. The molecule has 150 valence electrons. The maximum absolute atomic E-state index is 13.8. The number of aliphatic hydroxyl groups is 1. The summed E-state index contributed by atoms with van der Waals surface area (Å²) in [6.45, 7) is 0. The van der Waals surface area contributed by atoms with E-state index in [9.17, 15) is 27.8 Å². The summed E-state index contributed by atoms with van der Waals surface area (Å²) in [5, 5.41) is 26.1. The first kappa shape index (κ1) is 19.3. The molecule has 0 saturated heterocycles. The van der Waals surface area contributed by atoms with Crippen LogP contribution in [0.1, 0.15) is 12.0 Å². The Morgan fingerprint density at radius 1 is 1.07 bits per heavy atom. The third-order valence-corrected chi connectivity index (χ3v) is 5.28. The van der Waals surface area contributed by atoms with E-state index < -0.39 is 24.1 Å². The van der Waals surface area contributed by atoms with E-state index in [1.165, 1.54) is 47.8 Å². The van der Waals surface area contributed by atoms with Gasteiger partial charge in [-0.2, -0.15) is 23.3 Å². The van der Waals surface area contributed by atoms with Crippen LogP contribution in [0, 0.1) is 5.82 Å². The Hall–Kier alpha value is -2.98. The van der Waals surface area contributed by atoms with E-state index in [1.54, 1.807) is 6.07 Å². The second-order valence-electron chi connectivity index (χ2n) is 6.39. The molecule has 1 aliphatic heterocycles. The third kappa shape index (κ3) is 3.34. The minimum Gasteiger partial charge on any atom is -0.507 e. The number of hydrogen-bond donors (Lipinski definition) is 2. The number of phenols is 1. The maximum atomic E-state index is 13.8. The fourth-order valence-electron chi connectivity index (χ4n) is 2.95. The number of hydrazone groups is 1. The smallest absolute Gasteiger partial charge is 0.438 e. The van der Waals surface area contributed by atoms with Crippen LogP contribution >= 0.6 is 11.3 Å². The molecule has 1 aromatic heterocycles. The van der Waals surface area contributed by atoms with Crippen LogP contribution < -0.4 is 5.01 Å². The molecule has 1 unspecified atom stereocenters. The first-order valence-corrected chi connectivity index (χ1v) is 9.24. The molecular formula is C19H13F4N3O2S. The summed E-state index contributed by atoms with van der Waals surface area (Å²) < 4.78 is 54.4. The van der Waals surface area contributed by atoms with Crippen molar-refractivity contribution in [2.75, 3.05) is 5.01 Å². The van der Waals surface area contributed by atoms with Crippen LogP contribution in [0.15, 0.2) is 59.0 Å². The van der Waals surface area contributed by atoms with Gasteiger partial charge in [0.1, 0.15) is 11.6 Å². The minimum absolute atomic E-state index is 0.0907. The Labute approximate surface area is 166 Å². The molecule has 2 N–H and O–H groups in total. The second kappa shape index (κ2) is 6.82. The highest BCUT2D eigenvalue weighted by molar-refractivity contribution is 7.14. The lowest BCUT2D eigenvalue weighted by atomic mass is 10.0. The number of aromatic nitrogens is 1. The Morgan fingerprint density at radius 2 is 1.76 bits per heavy atom. The summed E-state index contributed by atoms with van der Waals surface area (Å²) in [7, 11) is 0. The monoisotopic (exact) mass is 423 g/mol. The predicted molar refractivity (Wildman–Crippen MR) is 100 cm³/mol. The van der Waals surface area contributed by atoms with Crippen molar-refractivity contribution in [3.63, 3.8) is 0 Å². The second-order valence-corrected chi connectivity index (χ2v) is 7.23. The summed E-state index contributed by atoms with van der Waals surface area (Å²) in [5.74, 6) is -0.698. The molecule has 0 fully saturated rings. The zero-order valence-corrected chi connectivity index (χ0v) is 15.4. The Morgan fingerprint density at radius 3 is 2.41 bits per heavy atom. The summed E-state index contributed by atoms with van der Waals surface area (Å²) in [6.07, 6.45) is -5.91. The highest BCUT2D eigenvalue weighted by Gasteiger charge is 2.62. The van der Waals surface area contributed by atoms with Gasteiger partial charge < -0.3 is 10.2 Å². The van der Waals surface area contributed by atoms with Crippen LogP contribution in [0.25, 0.3) is 11.3 Å². The molecule has 0 spiro atoms. The molecule has 29 heavy (non-hydrogen) atoms. The van der Waals surface area contributed by atoms with E-state index in [1.807, 2.05) is 0 Å². The molecule has 0 bridgehead atoms. The molecule has 4 rings (SSSR count). The van der Waals surface area contributed by atoms with Crippen LogP contribution in [-0.2, 0) is 0 Å². The van der Waals surface area contributed by atoms with E-state index in [0.29, 0.717) is 16.3 Å². The normalized spacial score (nSPS) is 19.5. The van der Waals surface area contributed by atoms with Gasteiger partial charge in [0.05, 0.1) is 17.8 Å². The number of nitrogens with zero attached hydrogens (tertiary/aromatic N) is 3. The van der Waals surface area contributed by atoms with Gasteiger partial charge in [0.2, 0.25) is 5.13 Å². The Bertz CT molecular complexity index is 1080. The molecule has 0 saturated carbocycles. The zero-order valence-electron chi connectivity index (χ0n) is 14.6. The van der Waals surface area contributed by atoms with Crippen LogP contribution in [0.5, 0.6) is 5.75 Å². The van der Waals surface area contributed by atoms with E-state index in [0.717, 1.165) is 11.3 Å². The van der Waals surface area contributed by atoms with Gasteiger partial charge in [-0.1, -0.05) is 12.1 Å². The molecule has 1 atom stereocenters. The first-order chi connectivity index (χ1) is 13.7. The molecule has 0 radical (unpaired) electrons. The summed E-state index contributed by atoms with van der Waals surface area (Å²) in [6, 6.07) is 11.1. The van der Waals surface area contributed by atoms with Crippen LogP contribution in [0.3, 0.4) is 0 Å². The van der Waals surface area contributed by atoms with Crippen molar-refractivity contribution in [2.24, 2.45) is 5.10 Å². The lowest BCUT2D eigenvalue weighted by Gasteiger charge is -2.32. The van der Waals surface area contributed by atoms with Crippen molar-refractivity contribution < 1.29 is 27.8 Å². The van der Waals surface area contributed by atoms with Gasteiger partial charge in [0, 0.05) is 16.5 Å². The van der Waals surface area contributed by atoms with Gasteiger partial charge in [0.25, 0.3) is 5.72 Å².